The summed E-state index contributed by atoms with van der Waals surface area (Å²) in [6.07, 6.45) is 0.992. The Labute approximate surface area is 117 Å². The molecule has 0 aromatic heterocycles. The first-order valence-electron chi connectivity index (χ1n) is 6.36. The summed E-state index contributed by atoms with van der Waals surface area (Å²) in [7, 11) is 0. The average Bonchev–Trinajstić information content (AvgIpc) is 2.67. The minimum absolute atomic E-state index is 0.0952. The molecule has 1 aromatic rings. The first-order valence-corrected chi connectivity index (χ1v) is 7.16. The largest absolute Gasteiger partial charge is 0.370 e. The van der Waals surface area contributed by atoms with Crippen LogP contribution < -0.4 is 5.73 Å². The first-order chi connectivity index (χ1) is 8.51. The molecule has 1 atom stereocenters. The van der Waals surface area contributed by atoms with Crippen molar-refractivity contribution in [2.45, 2.75) is 38.8 Å². The van der Waals surface area contributed by atoms with E-state index in [4.69, 9.17) is 5.73 Å². The number of rotatable bonds is 3. The molecule has 0 amide bonds. The summed E-state index contributed by atoms with van der Waals surface area (Å²) < 4.78 is 1.10. The summed E-state index contributed by atoms with van der Waals surface area (Å²) in [6.45, 7) is 7.26. The van der Waals surface area contributed by atoms with E-state index in [9.17, 15) is 0 Å². The van der Waals surface area contributed by atoms with E-state index in [0.717, 1.165) is 17.4 Å². The average molecular weight is 310 g/mol. The maximum Gasteiger partial charge on any atom is 0.192 e. The SMILES string of the molecule is CCC1(c2cccc(Br)c2)CN=C(N)N1C(C)C. The maximum atomic E-state index is 6.07. The predicted octanol–water partition coefficient (Wildman–Crippen LogP) is 3.09. The van der Waals surface area contributed by atoms with Crippen LogP contribution in [0, 0.1) is 0 Å². The fourth-order valence-electron chi connectivity index (χ4n) is 2.84. The van der Waals surface area contributed by atoms with E-state index in [1.807, 2.05) is 6.07 Å². The van der Waals surface area contributed by atoms with Gasteiger partial charge in [0.15, 0.2) is 5.96 Å². The van der Waals surface area contributed by atoms with Crippen LogP contribution >= 0.6 is 15.9 Å². The fraction of sp³-hybridized carbons (Fsp3) is 0.500. The minimum Gasteiger partial charge on any atom is -0.370 e. The van der Waals surface area contributed by atoms with E-state index in [2.05, 4.69) is 64.8 Å². The van der Waals surface area contributed by atoms with Crippen molar-refractivity contribution in [1.29, 1.82) is 0 Å². The highest BCUT2D eigenvalue weighted by Gasteiger charge is 2.43. The van der Waals surface area contributed by atoms with Gasteiger partial charge in [-0.3, -0.25) is 4.99 Å². The standard InChI is InChI=1S/C14H20BrN3/c1-4-14(11-6-5-7-12(15)8-11)9-17-13(16)18(14)10(2)3/h5-8,10H,4,9H2,1-3H3,(H2,16,17). The number of nitrogens with zero attached hydrogens (tertiary/aromatic N) is 2. The van der Waals surface area contributed by atoms with Crippen molar-refractivity contribution < 1.29 is 0 Å². The molecule has 1 unspecified atom stereocenters. The second-order valence-corrected chi connectivity index (χ2v) is 5.95. The summed E-state index contributed by atoms with van der Waals surface area (Å²) in [5.74, 6) is 0.659. The van der Waals surface area contributed by atoms with Crippen molar-refractivity contribution in [2.75, 3.05) is 6.54 Å². The van der Waals surface area contributed by atoms with Gasteiger partial charge in [0.25, 0.3) is 0 Å². The maximum absolute atomic E-state index is 6.07. The van der Waals surface area contributed by atoms with Crippen molar-refractivity contribution in [2.24, 2.45) is 10.7 Å². The number of hydrogen-bond acceptors (Lipinski definition) is 3. The van der Waals surface area contributed by atoms with Gasteiger partial charge in [-0.05, 0) is 38.0 Å². The van der Waals surface area contributed by atoms with E-state index < -0.39 is 0 Å². The summed E-state index contributed by atoms with van der Waals surface area (Å²) in [5, 5.41) is 0. The molecule has 0 radical (unpaired) electrons. The monoisotopic (exact) mass is 309 g/mol. The summed E-state index contributed by atoms with van der Waals surface area (Å²) in [5.41, 5.74) is 7.25. The molecule has 1 heterocycles. The van der Waals surface area contributed by atoms with Crippen LogP contribution in [-0.4, -0.2) is 23.4 Å². The Balaban J connectivity index is 2.49. The predicted molar refractivity (Wildman–Crippen MR) is 79.6 cm³/mol. The lowest BCUT2D eigenvalue weighted by Crippen LogP contribution is -2.52. The van der Waals surface area contributed by atoms with Crippen molar-refractivity contribution in [3.8, 4) is 0 Å². The molecule has 2 N–H and O–H groups in total. The third kappa shape index (κ3) is 2.03. The van der Waals surface area contributed by atoms with Gasteiger partial charge in [0.05, 0.1) is 12.1 Å². The van der Waals surface area contributed by atoms with Crippen LogP contribution in [0.1, 0.15) is 32.8 Å². The second kappa shape index (κ2) is 4.92. The smallest absolute Gasteiger partial charge is 0.192 e. The van der Waals surface area contributed by atoms with Crippen molar-refractivity contribution in [3.05, 3.63) is 34.3 Å². The number of aliphatic imine (C=N–C) groups is 1. The normalized spacial score (nSPS) is 23.6. The zero-order chi connectivity index (χ0) is 13.3. The van der Waals surface area contributed by atoms with Gasteiger partial charge in [0.2, 0.25) is 0 Å². The molecule has 0 saturated carbocycles. The highest BCUT2D eigenvalue weighted by molar-refractivity contribution is 9.10. The molecule has 2 rings (SSSR count). The summed E-state index contributed by atoms with van der Waals surface area (Å²) in [6, 6.07) is 8.80. The van der Waals surface area contributed by atoms with Gasteiger partial charge in [0.1, 0.15) is 0 Å². The third-order valence-corrected chi connectivity index (χ3v) is 4.17. The molecule has 0 saturated heterocycles. The third-order valence-electron chi connectivity index (χ3n) is 3.67. The van der Waals surface area contributed by atoms with Crippen LogP contribution in [0.4, 0.5) is 0 Å². The number of hydrogen-bond donors (Lipinski definition) is 1. The lowest BCUT2D eigenvalue weighted by Gasteiger charge is -2.42. The van der Waals surface area contributed by atoms with Gasteiger partial charge in [-0.15, -0.1) is 0 Å². The summed E-state index contributed by atoms with van der Waals surface area (Å²) in [4.78, 5) is 6.72. The number of halogens is 1. The second-order valence-electron chi connectivity index (χ2n) is 5.03. The summed E-state index contributed by atoms with van der Waals surface area (Å²) >= 11 is 3.55. The molecule has 1 aromatic carbocycles. The molecule has 3 nitrogen and oxygen atoms in total. The number of benzene rings is 1. The van der Waals surface area contributed by atoms with E-state index in [1.165, 1.54) is 5.56 Å². The Hall–Kier alpha value is -1.03. The molecule has 1 aliphatic heterocycles. The highest BCUT2D eigenvalue weighted by atomic mass is 79.9. The van der Waals surface area contributed by atoms with Crippen LogP contribution in [0.25, 0.3) is 0 Å². The molecule has 0 spiro atoms. The van der Waals surface area contributed by atoms with Gasteiger partial charge in [-0.2, -0.15) is 0 Å². The molecular formula is C14H20BrN3. The Morgan fingerprint density at radius 2 is 2.22 bits per heavy atom. The van der Waals surface area contributed by atoms with Gasteiger partial charge in [-0.25, -0.2) is 0 Å². The topological polar surface area (TPSA) is 41.6 Å². The molecule has 98 valence electrons. The molecule has 4 heteroatoms. The van der Waals surface area contributed by atoms with Crippen LogP contribution in [0.5, 0.6) is 0 Å². The van der Waals surface area contributed by atoms with Gasteiger partial charge in [-0.1, -0.05) is 35.0 Å². The lowest BCUT2D eigenvalue weighted by molar-refractivity contribution is 0.158. The molecule has 1 aliphatic rings. The molecule has 18 heavy (non-hydrogen) atoms. The van der Waals surface area contributed by atoms with Crippen LogP contribution in [0.3, 0.4) is 0 Å². The van der Waals surface area contributed by atoms with Gasteiger partial charge >= 0.3 is 0 Å². The van der Waals surface area contributed by atoms with Gasteiger partial charge in [0, 0.05) is 10.5 Å². The Morgan fingerprint density at radius 1 is 1.50 bits per heavy atom. The van der Waals surface area contributed by atoms with Crippen molar-refractivity contribution in [1.82, 2.24) is 4.90 Å². The highest BCUT2D eigenvalue weighted by Crippen LogP contribution is 2.38. The molecule has 0 bridgehead atoms. The quantitative estimate of drug-likeness (QED) is 0.932. The van der Waals surface area contributed by atoms with Gasteiger partial charge < -0.3 is 10.6 Å². The van der Waals surface area contributed by atoms with E-state index in [-0.39, 0.29) is 5.54 Å². The lowest BCUT2D eigenvalue weighted by atomic mass is 9.85. The Morgan fingerprint density at radius 3 is 2.78 bits per heavy atom. The van der Waals surface area contributed by atoms with E-state index in [0.29, 0.717) is 12.0 Å². The van der Waals surface area contributed by atoms with Crippen molar-refractivity contribution >= 4 is 21.9 Å². The molecule has 0 fully saturated rings. The first kappa shape index (κ1) is 13.4. The molecule has 0 aliphatic carbocycles. The Kier molecular flexibility index (Phi) is 3.66. The molecular weight excluding hydrogens is 290 g/mol. The number of nitrogens with two attached hydrogens (primary N) is 1. The van der Waals surface area contributed by atoms with Crippen molar-refractivity contribution in [3.63, 3.8) is 0 Å². The van der Waals surface area contributed by atoms with E-state index >= 15 is 0 Å². The zero-order valence-electron chi connectivity index (χ0n) is 11.2. The zero-order valence-corrected chi connectivity index (χ0v) is 12.7. The van der Waals surface area contributed by atoms with E-state index in [1.54, 1.807) is 0 Å². The van der Waals surface area contributed by atoms with Crippen LogP contribution in [-0.2, 0) is 5.54 Å². The number of guanidine groups is 1. The van der Waals surface area contributed by atoms with Crippen LogP contribution in [0.2, 0.25) is 0 Å². The fourth-order valence-corrected chi connectivity index (χ4v) is 3.24. The Bertz CT molecular complexity index is 470. The van der Waals surface area contributed by atoms with Crippen LogP contribution in [0.15, 0.2) is 33.7 Å². The minimum atomic E-state index is -0.0952.